The molecule has 0 aromatic rings. The second kappa shape index (κ2) is 58.1. The van der Waals surface area contributed by atoms with Gasteiger partial charge in [0.25, 0.3) is 0 Å². The number of allylic oxidation sites excluding steroid dienone is 12. The molecule has 12 heteroatoms. The molecule has 3 atom stereocenters. The molecule has 0 bridgehead atoms. The SMILES string of the molecule is CCC/C=C\C/C=C\CCCCCCCC(=O)OCC(COP(=O)(O)OCC(CO)OC(=O)CCCCCCCCC/C=C\CCCCCCCC)OC(=O)CCCCCCCC/C=C\C/C=C\C/C=C\CCCCC. The first-order valence-electron chi connectivity index (χ1n) is 30.8. The highest BCUT2D eigenvalue weighted by molar-refractivity contribution is 7.47. The number of esters is 3. The molecule has 0 aromatic heterocycles. The molecule has 3 unspecified atom stereocenters. The Hall–Kier alpha value is -3.08. The predicted molar refractivity (Wildman–Crippen MR) is 316 cm³/mol. The van der Waals surface area contributed by atoms with Gasteiger partial charge in [-0.1, -0.05) is 222 Å². The summed E-state index contributed by atoms with van der Waals surface area (Å²) in [4.78, 5) is 48.6. The first-order valence-corrected chi connectivity index (χ1v) is 32.3. The number of rotatable bonds is 57. The van der Waals surface area contributed by atoms with Crippen molar-refractivity contribution in [3.8, 4) is 0 Å². The van der Waals surface area contributed by atoms with Crippen LogP contribution < -0.4 is 0 Å². The molecule has 76 heavy (non-hydrogen) atoms. The zero-order valence-electron chi connectivity index (χ0n) is 48.7. The monoisotopic (exact) mass is 1090 g/mol. The van der Waals surface area contributed by atoms with Gasteiger partial charge >= 0.3 is 25.7 Å². The Bertz CT molecular complexity index is 1550. The zero-order valence-corrected chi connectivity index (χ0v) is 49.6. The van der Waals surface area contributed by atoms with Crippen molar-refractivity contribution in [2.45, 2.75) is 290 Å². The topological polar surface area (TPSA) is 155 Å². The van der Waals surface area contributed by atoms with Crippen LogP contribution in [-0.4, -0.2) is 66.5 Å². The van der Waals surface area contributed by atoms with Gasteiger partial charge in [0.2, 0.25) is 0 Å². The quantitative estimate of drug-likeness (QED) is 0.0197. The van der Waals surface area contributed by atoms with Gasteiger partial charge < -0.3 is 24.2 Å². The first-order chi connectivity index (χ1) is 37.2. The molecule has 11 nitrogen and oxygen atoms in total. The molecule has 0 heterocycles. The molecule has 440 valence electrons. The highest BCUT2D eigenvalue weighted by Gasteiger charge is 2.28. The Morgan fingerprint density at radius 2 is 0.671 bits per heavy atom. The first kappa shape index (κ1) is 72.9. The average Bonchev–Trinajstić information content (AvgIpc) is 3.41. The van der Waals surface area contributed by atoms with Gasteiger partial charge in [0.05, 0.1) is 19.8 Å². The smallest absolute Gasteiger partial charge is 0.462 e. The molecule has 0 rings (SSSR count). The third-order valence-electron chi connectivity index (χ3n) is 13.1. The van der Waals surface area contributed by atoms with Crippen LogP contribution in [0, 0.1) is 0 Å². The van der Waals surface area contributed by atoms with Crippen LogP contribution >= 0.6 is 7.82 Å². The van der Waals surface area contributed by atoms with E-state index in [1.54, 1.807) is 0 Å². The zero-order chi connectivity index (χ0) is 55.5. The van der Waals surface area contributed by atoms with Gasteiger partial charge in [-0.15, -0.1) is 0 Å². The van der Waals surface area contributed by atoms with Crippen LogP contribution in [0.2, 0.25) is 0 Å². The van der Waals surface area contributed by atoms with Gasteiger partial charge in [0, 0.05) is 19.3 Å². The Balaban J connectivity index is 4.71. The normalized spacial score (nSPS) is 13.8. The van der Waals surface area contributed by atoms with Crippen LogP contribution in [0.15, 0.2) is 72.9 Å². The number of carbonyl (C=O) groups excluding carboxylic acids is 3. The number of phosphoric ester groups is 1. The Morgan fingerprint density at radius 1 is 0.368 bits per heavy atom. The summed E-state index contributed by atoms with van der Waals surface area (Å²) in [6.07, 6.45) is 65.6. The number of hydrogen-bond acceptors (Lipinski definition) is 10. The van der Waals surface area contributed by atoms with Crippen molar-refractivity contribution < 1.29 is 52.2 Å². The Kier molecular flexibility index (Phi) is 55.7. The van der Waals surface area contributed by atoms with E-state index < -0.39 is 57.8 Å². The minimum absolute atomic E-state index is 0.148. The Labute approximate surface area is 465 Å². The lowest BCUT2D eigenvalue weighted by Gasteiger charge is -2.21. The van der Waals surface area contributed by atoms with Crippen molar-refractivity contribution in [1.82, 2.24) is 0 Å². The molecule has 0 fully saturated rings. The summed E-state index contributed by atoms with van der Waals surface area (Å²) in [7, 11) is -4.76. The second-order valence-electron chi connectivity index (χ2n) is 20.5. The molecule has 0 amide bonds. The maximum absolute atomic E-state index is 12.9. The largest absolute Gasteiger partial charge is 0.472 e. The van der Waals surface area contributed by atoms with Gasteiger partial charge in [0.15, 0.2) is 6.10 Å². The molecule has 0 saturated heterocycles. The number of unbranched alkanes of at least 4 members (excludes halogenated alkanes) is 28. The second-order valence-corrected chi connectivity index (χ2v) is 22.0. The van der Waals surface area contributed by atoms with E-state index in [9.17, 15) is 28.9 Å². The van der Waals surface area contributed by atoms with Crippen molar-refractivity contribution in [3.63, 3.8) is 0 Å². The van der Waals surface area contributed by atoms with Crippen LogP contribution in [0.4, 0.5) is 0 Å². The van der Waals surface area contributed by atoms with Gasteiger partial charge in [-0.2, -0.15) is 0 Å². The van der Waals surface area contributed by atoms with E-state index in [0.717, 1.165) is 122 Å². The summed E-state index contributed by atoms with van der Waals surface area (Å²) in [5.74, 6) is -1.49. The third kappa shape index (κ3) is 55.7. The molecule has 2 N–H and O–H groups in total. The van der Waals surface area contributed by atoms with E-state index in [-0.39, 0.29) is 25.9 Å². The maximum atomic E-state index is 12.9. The van der Waals surface area contributed by atoms with E-state index >= 15 is 0 Å². The fraction of sp³-hybridized carbons (Fsp3) is 0.766. The summed E-state index contributed by atoms with van der Waals surface area (Å²) in [5.41, 5.74) is 0. The third-order valence-corrected chi connectivity index (χ3v) is 14.0. The van der Waals surface area contributed by atoms with E-state index in [1.807, 2.05) is 0 Å². The number of hydrogen-bond donors (Lipinski definition) is 2. The highest BCUT2D eigenvalue weighted by atomic mass is 31.2. The fourth-order valence-electron chi connectivity index (χ4n) is 8.34. The van der Waals surface area contributed by atoms with Crippen molar-refractivity contribution >= 4 is 25.7 Å². The van der Waals surface area contributed by atoms with E-state index in [0.29, 0.717) is 19.3 Å². The highest BCUT2D eigenvalue weighted by Crippen LogP contribution is 2.43. The van der Waals surface area contributed by atoms with E-state index in [4.69, 9.17) is 23.3 Å². The van der Waals surface area contributed by atoms with Crippen molar-refractivity contribution in [3.05, 3.63) is 72.9 Å². The molecule has 0 aliphatic heterocycles. The summed E-state index contributed by atoms with van der Waals surface area (Å²) in [6, 6.07) is 0. The van der Waals surface area contributed by atoms with E-state index in [1.165, 1.54) is 96.3 Å². The molecule has 0 spiro atoms. The molecule has 0 saturated carbocycles. The van der Waals surface area contributed by atoms with Gasteiger partial charge in [-0.05, 0) is 109 Å². The lowest BCUT2D eigenvalue weighted by Crippen LogP contribution is -2.30. The Morgan fingerprint density at radius 3 is 1.08 bits per heavy atom. The van der Waals surface area contributed by atoms with Crippen LogP contribution in [0.5, 0.6) is 0 Å². The summed E-state index contributed by atoms with van der Waals surface area (Å²) < 4.78 is 39.6. The summed E-state index contributed by atoms with van der Waals surface area (Å²) in [6.45, 7) is 4.54. The molecule has 0 radical (unpaired) electrons. The minimum Gasteiger partial charge on any atom is -0.462 e. The van der Waals surface area contributed by atoms with Gasteiger partial charge in [0.1, 0.15) is 12.7 Å². The number of ether oxygens (including phenoxy) is 3. The number of phosphoric acid groups is 1. The molecular formula is C64H113O11P. The molecule has 0 aliphatic rings. The van der Waals surface area contributed by atoms with E-state index in [2.05, 4.69) is 93.7 Å². The lowest BCUT2D eigenvalue weighted by atomic mass is 10.1. The molecule has 0 aromatic carbocycles. The van der Waals surface area contributed by atoms with Crippen molar-refractivity contribution in [2.75, 3.05) is 26.4 Å². The predicted octanol–water partition coefficient (Wildman–Crippen LogP) is 18.5. The van der Waals surface area contributed by atoms with Crippen molar-refractivity contribution in [2.24, 2.45) is 0 Å². The van der Waals surface area contributed by atoms with Crippen LogP contribution in [-0.2, 0) is 42.2 Å². The standard InChI is InChI=1S/C64H113O11P/c1-4-7-10-13-16-19-22-25-27-29-30-32-34-37-40-43-46-49-52-55-64(68)75-61(57-71-62(66)53-50-47-44-41-38-35-24-21-18-15-12-9-6-3)59-73-76(69,70)72-58-60(56-65)74-63(67)54-51-48-45-42-39-36-33-31-28-26-23-20-17-14-11-8-5-2/h12,15-16,19,21,24-28,30,32,60-61,65H,4-11,13-14,17-18,20,22-23,29,31,33-59H2,1-3H3,(H,69,70)/b15-12-,19-16-,24-21-,27-25-,28-26-,32-30-. The maximum Gasteiger partial charge on any atom is 0.472 e. The van der Waals surface area contributed by atoms with Gasteiger partial charge in [-0.3, -0.25) is 23.4 Å². The van der Waals surface area contributed by atoms with Crippen LogP contribution in [0.3, 0.4) is 0 Å². The minimum atomic E-state index is -4.76. The van der Waals surface area contributed by atoms with Crippen molar-refractivity contribution in [1.29, 1.82) is 0 Å². The van der Waals surface area contributed by atoms with Crippen LogP contribution in [0.25, 0.3) is 0 Å². The molecule has 0 aliphatic carbocycles. The summed E-state index contributed by atoms with van der Waals surface area (Å²) in [5, 5.41) is 9.84. The van der Waals surface area contributed by atoms with Gasteiger partial charge in [-0.25, -0.2) is 4.57 Å². The lowest BCUT2D eigenvalue weighted by molar-refractivity contribution is -0.161. The molecular weight excluding hydrogens is 976 g/mol. The number of carbonyl (C=O) groups is 3. The average molecular weight is 1090 g/mol. The fourth-order valence-corrected chi connectivity index (χ4v) is 9.12. The number of aliphatic hydroxyl groups excluding tert-OH is 1. The van der Waals surface area contributed by atoms with Crippen LogP contribution in [0.1, 0.15) is 278 Å². The summed E-state index contributed by atoms with van der Waals surface area (Å²) >= 11 is 0. The number of aliphatic hydroxyl groups is 1.